The first-order valence-corrected chi connectivity index (χ1v) is 9.99. The van der Waals surface area contributed by atoms with Gasteiger partial charge in [0.15, 0.2) is 4.34 Å². The normalized spacial score (nSPS) is 11.9. The van der Waals surface area contributed by atoms with E-state index in [1.54, 1.807) is 11.3 Å². The van der Waals surface area contributed by atoms with Gasteiger partial charge in [0.2, 0.25) is 11.8 Å². The van der Waals surface area contributed by atoms with E-state index in [-0.39, 0.29) is 11.8 Å². The molecular weight excluding hydrogens is 366 g/mol. The van der Waals surface area contributed by atoms with Crippen LogP contribution in [0.3, 0.4) is 0 Å². The molecule has 2 aromatic carbocycles. The maximum Gasteiger partial charge on any atom is 0.243 e. The standard InChI is InChI=1S/C19H19N3O2S2/c1-13(23)21-16(18(24)20-11-14-7-3-2-4-8-14)12-25-19-22-15-9-5-6-10-17(15)26-19/h2-10,16H,11-12H2,1H3,(H,20,24)(H,21,23)/t16-/m0/s1. The molecule has 134 valence electrons. The smallest absolute Gasteiger partial charge is 0.243 e. The molecular formula is C19H19N3O2S2. The van der Waals surface area contributed by atoms with Crippen LogP contribution in [0.25, 0.3) is 10.2 Å². The number of fused-ring (bicyclic) bond motifs is 1. The topological polar surface area (TPSA) is 71.1 Å². The summed E-state index contributed by atoms with van der Waals surface area (Å²) in [6, 6.07) is 17.0. The number of carbonyl (C=O) groups is 2. The van der Waals surface area contributed by atoms with Crippen molar-refractivity contribution in [2.75, 3.05) is 5.75 Å². The summed E-state index contributed by atoms with van der Waals surface area (Å²) in [5, 5.41) is 5.61. The van der Waals surface area contributed by atoms with Gasteiger partial charge < -0.3 is 10.6 Å². The minimum absolute atomic E-state index is 0.197. The molecule has 3 aromatic rings. The second-order valence-corrected chi connectivity index (χ2v) is 8.01. The average Bonchev–Trinajstić information content (AvgIpc) is 3.06. The molecule has 0 spiro atoms. The number of hydrogen-bond acceptors (Lipinski definition) is 5. The zero-order chi connectivity index (χ0) is 18.4. The summed E-state index contributed by atoms with van der Waals surface area (Å²) in [6.07, 6.45) is 0. The number of carbonyl (C=O) groups excluding carboxylic acids is 2. The lowest BCUT2D eigenvalue weighted by Crippen LogP contribution is -2.47. The molecule has 2 amide bonds. The Labute approximate surface area is 160 Å². The van der Waals surface area contributed by atoms with Gasteiger partial charge in [0, 0.05) is 19.2 Å². The highest BCUT2D eigenvalue weighted by Gasteiger charge is 2.20. The number of para-hydroxylation sites is 1. The van der Waals surface area contributed by atoms with Gasteiger partial charge in [-0.2, -0.15) is 0 Å². The number of nitrogens with zero attached hydrogens (tertiary/aromatic N) is 1. The van der Waals surface area contributed by atoms with Gasteiger partial charge in [-0.1, -0.05) is 54.2 Å². The van der Waals surface area contributed by atoms with Crippen molar-refractivity contribution in [3.63, 3.8) is 0 Å². The number of hydrogen-bond donors (Lipinski definition) is 2. The molecule has 0 saturated carbocycles. The van der Waals surface area contributed by atoms with Crippen molar-refractivity contribution < 1.29 is 9.59 Å². The largest absolute Gasteiger partial charge is 0.350 e. The van der Waals surface area contributed by atoms with Crippen molar-refractivity contribution in [2.24, 2.45) is 0 Å². The lowest BCUT2D eigenvalue weighted by atomic mass is 10.2. The number of rotatable bonds is 7. The van der Waals surface area contributed by atoms with Crippen LogP contribution in [0.5, 0.6) is 0 Å². The third kappa shape index (κ3) is 5.06. The van der Waals surface area contributed by atoms with Gasteiger partial charge in [-0.05, 0) is 17.7 Å². The molecule has 0 aliphatic heterocycles. The van der Waals surface area contributed by atoms with Crippen LogP contribution in [-0.2, 0) is 16.1 Å². The Kier molecular flexibility index (Phi) is 6.25. The summed E-state index contributed by atoms with van der Waals surface area (Å²) in [4.78, 5) is 28.5. The molecule has 3 rings (SSSR count). The molecule has 0 unspecified atom stereocenters. The first kappa shape index (κ1) is 18.4. The summed E-state index contributed by atoms with van der Waals surface area (Å²) in [7, 11) is 0. The first-order chi connectivity index (χ1) is 12.6. The maximum atomic E-state index is 12.5. The van der Waals surface area contributed by atoms with Crippen LogP contribution < -0.4 is 10.6 Å². The highest BCUT2D eigenvalue weighted by molar-refractivity contribution is 8.01. The maximum absolute atomic E-state index is 12.5. The van der Waals surface area contributed by atoms with Gasteiger partial charge in [-0.3, -0.25) is 9.59 Å². The predicted octanol–water partition coefficient (Wildman–Crippen LogP) is 3.21. The zero-order valence-corrected chi connectivity index (χ0v) is 15.9. The highest BCUT2D eigenvalue weighted by Crippen LogP contribution is 2.29. The summed E-state index contributed by atoms with van der Waals surface area (Å²) < 4.78 is 2.00. The molecule has 0 fully saturated rings. The number of amides is 2. The van der Waals surface area contributed by atoms with E-state index >= 15 is 0 Å². The fourth-order valence-corrected chi connectivity index (χ4v) is 4.52. The molecule has 1 atom stereocenters. The van der Waals surface area contributed by atoms with Crippen LogP contribution in [-0.4, -0.2) is 28.6 Å². The van der Waals surface area contributed by atoms with E-state index in [2.05, 4.69) is 15.6 Å². The number of thioether (sulfide) groups is 1. The minimum atomic E-state index is -0.603. The van der Waals surface area contributed by atoms with Crippen LogP contribution in [0.4, 0.5) is 0 Å². The molecule has 26 heavy (non-hydrogen) atoms. The van der Waals surface area contributed by atoms with Crippen molar-refractivity contribution in [2.45, 2.75) is 23.8 Å². The van der Waals surface area contributed by atoms with E-state index in [1.165, 1.54) is 18.7 Å². The monoisotopic (exact) mass is 385 g/mol. The van der Waals surface area contributed by atoms with E-state index in [1.807, 2.05) is 54.6 Å². The van der Waals surface area contributed by atoms with Gasteiger partial charge in [0.05, 0.1) is 10.2 Å². The van der Waals surface area contributed by atoms with E-state index in [9.17, 15) is 9.59 Å². The molecule has 1 heterocycles. The van der Waals surface area contributed by atoms with Crippen LogP contribution in [0.15, 0.2) is 58.9 Å². The van der Waals surface area contributed by atoms with Crippen LogP contribution >= 0.6 is 23.1 Å². The van der Waals surface area contributed by atoms with E-state index in [0.29, 0.717) is 12.3 Å². The lowest BCUT2D eigenvalue weighted by molar-refractivity contribution is -0.127. The summed E-state index contributed by atoms with van der Waals surface area (Å²) in [6.45, 7) is 1.85. The van der Waals surface area contributed by atoms with E-state index < -0.39 is 6.04 Å². The predicted molar refractivity (Wildman–Crippen MR) is 106 cm³/mol. The van der Waals surface area contributed by atoms with Gasteiger partial charge in [0.25, 0.3) is 0 Å². The van der Waals surface area contributed by atoms with Crippen molar-refractivity contribution in [1.82, 2.24) is 15.6 Å². The molecule has 7 heteroatoms. The minimum Gasteiger partial charge on any atom is -0.350 e. The first-order valence-electron chi connectivity index (χ1n) is 8.19. The summed E-state index contributed by atoms with van der Waals surface area (Å²) >= 11 is 3.07. The molecule has 0 bridgehead atoms. The Morgan fingerprint density at radius 1 is 1.12 bits per heavy atom. The molecule has 2 N–H and O–H groups in total. The number of thiazole rings is 1. The second-order valence-electron chi connectivity index (χ2n) is 5.72. The Balaban J connectivity index is 1.61. The van der Waals surface area contributed by atoms with Crippen molar-refractivity contribution >= 4 is 45.1 Å². The highest BCUT2D eigenvalue weighted by atomic mass is 32.2. The molecule has 1 aromatic heterocycles. The third-order valence-corrected chi connectivity index (χ3v) is 5.92. The van der Waals surface area contributed by atoms with Crippen molar-refractivity contribution in [3.05, 3.63) is 60.2 Å². The average molecular weight is 386 g/mol. The molecule has 0 aliphatic rings. The molecule has 5 nitrogen and oxygen atoms in total. The van der Waals surface area contributed by atoms with Crippen LogP contribution in [0, 0.1) is 0 Å². The Hall–Kier alpha value is -2.38. The van der Waals surface area contributed by atoms with Crippen molar-refractivity contribution in [3.8, 4) is 0 Å². The number of nitrogens with one attached hydrogen (secondary N) is 2. The summed E-state index contributed by atoms with van der Waals surface area (Å²) in [5.74, 6) is 0.00690. The summed E-state index contributed by atoms with van der Waals surface area (Å²) in [5.41, 5.74) is 1.96. The van der Waals surface area contributed by atoms with E-state index in [4.69, 9.17) is 0 Å². The third-order valence-electron chi connectivity index (χ3n) is 3.65. The lowest BCUT2D eigenvalue weighted by Gasteiger charge is -2.16. The van der Waals surface area contributed by atoms with Gasteiger partial charge in [0.1, 0.15) is 6.04 Å². The Morgan fingerprint density at radius 2 is 1.85 bits per heavy atom. The number of aromatic nitrogens is 1. The fraction of sp³-hybridized carbons (Fsp3) is 0.211. The zero-order valence-electron chi connectivity index (χ0n) is 14.3. The van der Waals surface area contributed by atoms with Crippen LogP contribution in [0.1, 0.15) is 12.5 Å². The van der Waals surface area contributed by atoms with Gasteiger partial charge >= 0.3 is 0 Å². The second kappa shape index (κ2) is 8.82. The van der Waals surface area contributed by atoms with Crippen molar-refractivity contribution in [1.29, 1.82) is 0 Å². The molecule has 0 aliphatic carbocycles. The Bertz CT molecular complexity index is 863. The number of benzene rings is 2. The van der Waals surface area contributed by atoms with Crippen LogP contribution in [0.2, 0.25) is 0 Å². The van der Waals surface area contributed by atoms with E-state index in [0.717, 1.165) is 20.1 Å². The Morgan fingerprint density at radius 3 is 2.58 bits per heavy atom. The SMILES string of the molecule is CC(=O)N[C@@H](CSc1nc2ccccc2s1)C(=O)NCc1ccccc1. The molecule has 0 radical (unpaired) electrons. The fourth-order valence-electron chi connectivity index (χ4n) is 2.40. The van der Waals surface area contributed by atoms with Gasteiger partial charge in [-0.25, -0.2) is 4.98 Å². The quantitative estimate of drug-likeness (QED) is 0.613. The van der Waals surface area contributed by atoms with Gasteiger partial charge in [-0.15, -0.1) is 11.3 Å². The molecule has 0 saturated heterocycles.